The summed E-state index contributed by atoms with van der Waals surface area (Å²) in [5.74, 6) is -1.78. The van der Waals surface area contributed by atoms with Crippen molar-refractivity contribution in [2.45, 2.75) is 43.1 Å². The lowest BCUT2D eigenvalue weighted by Crippen LogP contribution is -2.59. The number of ether oxygens (including phenoxy) is 2. The van der Waals surface area contributed by atoms with Crippen LogP contribution in [0.5, 0.6) is 5.75 Å². The number of aliphatic hydroxyl groups excluding tert-OH is 1. The van der Waals surface area contributed by atoms with Gasteiger partial charge in [-0.2, -0.15) is 0 Å². The Labute approximate surface area is 247 Å². The van der Waals surface area contributed by atoms with E-state index in [1.807, 2.05) is 30.3 Å². The average molecular weight is 574 g/mol. The number of likely N-dealkylation sites (N-methyl/N-ethyl adjacent to an activating group) is 1. The monoisotopic (exact) mass is 573 g/mol. The predicted molar refractivity (Wildman–Crippen MR) is 159 cm³/mol. The van der Waals surface area contributed by atoms with E-state index in [0.29, 0.717) is 37.2 Å². The highest BCUT2D eigenvalue weighted by atomic mass is 16.5. The van der Waals surface area contributed by atoms with Crippen LogP contribution >= 0.6 is 0 Å². The third kappa shape index (κ3) is 4.90. The summed E-state index contributed by atoms with van der Waals surface area (Å²) in [6.45, 7) is 7.78. The second kappa shape index (κ2) is 12.1. The van der Waals surface area contributed by atoms with Crippen LogP contribution in [0.2, 0.25) is 0 Å². The van der Waals surface area contributed by atoms with E-state index in [4.69, 9.17) is 9.47 Å². The fourth-order valence-electron chi connectivity index (χ4n) is 7.08. The topological polar surface area (TPSA) is 99.6 Å². The highest BCUT2D eigenvalue weighted by molar-refractivity contribution is 6.05. The fraction of sp³-hybridized carbons (Fsp3) is 0.424. The summed E-state index contributed by atoms with van der Waals surface area (Å²) < 4.78 is 11.9. The lowest BCUT2D eigenvalue weighted by Gasteiger charge is -2.39. The minimum absolute atomic E-state index is 0.195. The Bertz CT molecular complexity index is 1330. The number of carbonyl (C=O) groups excluding carboxylic acids is 3. The molecule has 2 aromatic rings. The summed E-state index contributed by atoms with van der Waals surface area (Å²) in [7, 11) is 3.26. The Kier molecular flexibility index (Phi) is 8.52. The van der Waals surface area contributed by atoms with E-state index in [1.54, 1.807) is 60.4 Å². The molecule has 2 bridgehead atoms. The second-order valence-electron chi connectivity index (χ2n) is 11.3. The molecule has 0 radical (unpaired) electrons. The Morgan fingerprint density at radius 2 is 1.81 bits per heavy atom. The molecule has 42 heavy (non-hydrogen) atoms. The van der Waals surface area contributed by atoms with Gasteiger partial charge in [0.25, 0.3) is 5.91 Å². The molecule has 3 amide bonds. The number of aliphatic hydroxyl groups is 1. The molecule has 3 saturated heterocycles. The van der Waals surface area contributed by atoms with Gasteiger partial charge in [0, 0.05) is 25.8 Å². The van der Waals surface area contributed by atoms with Gasteiger partial charge in [0.05, 0.1) is 37.7 Å². The third-order valence-electron chi connectivity index (χ3n) is 8.92. The summed E-state index contributed by atoms with van der Waals surface area (Å²) in [5.41, 5.74) is 0.346. The first-order chi connectivity index (χ1) is 20.3. The number of hydrogen-bond donors (Lipinski definition) is 1. The molecular formula is C33H39N3O6. The van der Waals surface area contributed by atoms with Crippen LogP contribution in [0.15, 0.2) is 79.9 Å². The zero-order valence-corrected chi connectivity index (χ0v) is 24.2. The number of methoxy groups -OCH3 is 1. The smallest absolute Gasteiger partial charge is 0.253 e. The minimum Gasteiger partial charge on any atom is -0.497 e. The SMILES string of the molecule is C=CCN(C)C(=O)[C@@H]1[C@@H]2CCC3(O2)C(C(=O)N(CC=C)c2ccc(OC)cc2)N([C@@H](CO)Cc2ccccc2)C(=O)[C@H]13. The van der Waals surface area contributed by atoms with Crippen LogP contribution in [-0.2, 0) is 25.5 Å². The summed E-state index contributed by atoms with van der Waals surface area (Å²) in [6.07, 6.45) is 4.18. The van der Waals surface area contributed by atoms with Gasteiger partial charge in [-0.1, -0.05) is 42.5 Å². The Balaban J connectivity index is 1.60. The Morgan fingerprint density at radius 1 is 1.12 bits per heavy atom. The van der Waals surface area contributed by atoms with Gasteiger partial charge in [0.1, 0.15) is 17.4 Å². The molecule has 6 atom stereocenters. The molecule has 3 aliphatic rings. The minimum atomic E-state index is -1.19. The summed E-state index contributed by atoms with van der Waals surface area (Å²) in [6, 6.07) is 14.9. The highest BCUT2D eigenvalue weighted by Gasteiger charge is 2.75. The van der Waals surface area contributed by atoms with Crippen LogP contribution in [-0.4, -0.2) is 90.3 Å². The number of nitrogens with zero attached hydrogens (tertiary/aromatic N) is 3. The van der Waals surface area contributed by atoms with Gasteiger partial charge in [-0.25, -0.2) is 0 Å². The van der Waals surface area contributed by atoms with Gasteiger partial charge >= 0.3 is 0 Å². The standard InChI is InChI=1S/C33H39N3O6/c1-5-18-34(3)30(38)27-26-16-17-33(42-26)28(27)31(39)36(24(21-37)20-22-10-8-7-9-11-22)29(33)32(40)35(19-6-2)23-12-14-25(41-4)15-13-23/h5-15,24,26-29,37H,1-2,16-21H2,3-4H3/t24-,26+,27-,28+,29?,33?/m1/s1. The molecule has 5 rings (SSSR count). The third-order valence-corrected chi connectivity index (χ3v) is 8.92. The molecule has 9 nitrogen and oxygen atoms in total. The molecular weight excluding hydrogens is 534 g/mol. The number of carbonyl (C=O) groups is 3. The first-order valence-electron chi connectivity index (χ1n) is 14.4. The predicted octanol–water partition coefficient (Wildman–Crippen LogP) is 2.84. The van der Waals surface area contributed by atoms with Crippen molar-refractivity contribution in [3.8, 4) is 5.75 Å². The van der Waals surface area contributed by atoms with E-state index in [9.17, 15) is 19.5 Å². The van der Waals surface area contributed by atoms with E-state index < -0.39 is 35.6 Å². The molecule has 0 saturated carbocycles. The van der Waals surface area contributed by atoms with Gasteiger partial charge in [0.2, 0.25) is 11.8 Å². The summed E-state index contributed by atoms with van der Waals surface area (Å²) >= 11 is 0. The molecule has 3 fully saturated rings. The van der Waals surface area contributed by atoms with Crippen LogP contribution in [0.3, 0.4) is 0 Å². The average Bonchev–Trinajstić information content (AvgIpc) is 3.66. The number of rotatable bonds is 12. The molecule has 3 heterocycles. The van der Waals surface area contributed by atoms with Crippen molar-refractivity contribution in [2.24, 2.45) is 11.8 Å². The normalized spacial score (nSPS) is 26.5. The maximum absolute atomic E-state index is 14.7. The highest BCUT2D eigenvalue weighted by Crippen LogP contribution is 2.59. The number of benzene rings is 2. The van der Waals surface area contributed by atoms with Gasteiger partial charge in [-0.05, 0) is 49.1 Å². The van der Waals surface area contributed by atoms with Crippen molar-refractivity contribution in [3.63, 3.8) is 0 Å². The molecule has 1 N–H and O–H groups in total. The van der Waals surface area contributed by atoms with Crippen molar-refractivity contribution in [3.05, 3.63) is 85.5 Å². The summed E-state index contributed by atoms with van der Waals surface area (Å²) in [5, 5.41) is 10.7. The lowest BCUT2D eigenvalue weighted by molar-refractivity contribution is -0.146. The molecule has 2 aromatic carbocycles. The summed E-state index contributed by atoms with van der Waals surface area (Å²) in [4.78, 5) is 47.6. The van der Waals surface area contributed by atoms with E-state index in [2.05, 4.69) is 13.2 Å². The number of anilines is 1. The largest absolute Gasteiger partial charge is 0.497 e. The van der Waals surface area contributed by atoms with E-state index in [0.717, 1.165) is 5.56 Å². The Morgan fingerprint density at radius 3 is 2.43 bits per heavy atom. The fourth-order valence-corrected chi connectivity index (χ4v) is 7.08. The van der Waals surface area contributed by atoms with Crippen LogP contribution in [0.25, 0.3) is 0 Å². The van der Waals surface area contributed by atoms with Gasteiger partial charge in [-0.3, -0.25) is 14.4 Å². The maximum Gasteiger partial charge on any atom is 0.253 e. The van der Waals surface area contributed by atoms with Crippen molar-refractivity contribution in [2.75, 3.05) is 38.8 Å². The molecule has 0 aliphatic carbocycles. The van der Waals surface area contributed by atoms with Gasteiger partial charge < -0.3 is 29.3 Å². The first-order valence-corrected chi connectivity index (χ1v) is 14.4. The lowest BCUT2D eigenvalue weighted by atomic mass is 9.70. The van der Waals surface area contributed by atoms with Crippen LogP contribution in [0.4, 0.5) is 5.69 Å². The van der Waals surface area contributed by atoms with Crippen LogP contribution < -0.4 is 9.64 Å². The Hall–Kier alpha value is -3.95. The van der Waals surface area contributed by atoms with Crippen molar-refractivity contribution in [1.29, 1.82) is 0 Å². The maximum atomic E-state index is 14.7. The number of fused-ring (bicyclic) bond motifs is 1. The molecule has 2 unspecified atom stereocenters. The number of hydrogen-bond acceptors (Lipinski definition) is 6. The van der Waals surface area contributed by atoms with Gasteiger partial charge in [-0.15, -0.1) is 13.2 Å². The van der Waals surface area contributed by atoms with Crippen molar-refractivity contribution < 1.29 is 29.0 Å². The zero-order chi connectivity index (χ0) is 30.0. The van der Waals surface area contributed by atoms with E-state index in [1.165, 1.54) is 4.90 Å². The van der Waals surface area contributed by atoms with Crippen LogP contribution in [0, 0.1) is 11.8 Å². The van der Waals surface area contributed by atoms with Crippen molar-refractivity contribution in [1.82, 2.24) is 9.80 Å². The molecule has 222 valence electrons. The molecule has 3 aliphatic heterocycles. The zero-order valence-electron chi connectivity index (χ0n) is 24.2. The van der Waals surface area contributed by atoms with E-state index in [-0.39, 0.29) is 30.9 Å². The number of likely N-dealkylation sites (tertiary alicyclic amines) is 1. The first kappa shape index (κ1) is 29.5. The van der Waals surface area contributed by atoms with Crippen LogP contribution in [0.1, 0.15) is 18.4 Å². The van der Waals surface area contributed by atoms with Crippen molar-refractivity contribution >= 4 is 23.4 Å². The van der Waals surface area contributed by atoms with E-state index >= 15 is 0 Å². The second-order valence-corrected chi connectivity index (χ2v) is 11.3. The quantitative estimate of drug-likeness (QED) is 0.392. The van der Waals surface area contributed by atoms with Gasteiger partial charge in [0.15, 0.2) is 0 Å². The molecule has 9 heteroatoms. The molecule has 1 spiro atoms. The molecule has 0 aromatic heterocycles. The number of amides is 3.